The van der Waals surface area contributed by atoms with Crippen molar-refractivity contribution in [3.63, 3.8) is 0 Å². The van der Waals surface area contributed by atoms with Crippen molar-refractivity contribution >= 4 is 22.9 Å². The van der Waals surface area contributed by atoms with E-state index in [0.717, 1.165) is 42.7 Å². The molecule has 2 aromatic carbocycles. The number of amides is 1. The van der Waals surface area contributed by atoms with E-state index in [1.165, 1.54) is 16.0 Å². The number of benzene rings is 2. The maximum atomic E-state index is 13.4. The highest BCUT2D eigenvalue weighted by Crippen LogP contribution is 2.46. The van der Waals surface area contributed by atoms with E-state index in [9.17, 15) is 4.79 Å². The van der Waals surface area contributed by atoms with E-state index in [0.29, 0.717) is 6.04 Å². The van der Waals surface area contributed by atoms with Gasteiger partial charge in [0.05, 0.1) is 11.6 Å². The molecule has 5 heteroatoms. The molecule has 0 unspecified atom stereocenters. The third-order valence-electron chi connectivity index (χ3n) is 7.01. The molecule has 1 amide bonds. The van der Waals surface area contributed by atoms with Gasteiger partial charge in [0.1, 0.15) is 0 Å². The van der Waals surface area contributed by atoms with Crippen LogP contribution in [-0.2, 0) is 5.54 Å². The average Bonchev–Trinajstić information content (AvgIpc) is 3.31. The standard InChI is InChI=1S/C28H33N3OS/c1-19-10-11-22(29-23-17-31(18-23)27(2,3)4)16-24(19)26(32)30-28(12-13-28)21-8-5-7-20(15-21)25-9-6-14-33-25/h5-11,14-16,23,29H,12-13,17-18H2,1-4H3,(H,30,32). The second-order valence-electron chi connectivity index (χ2n) is 10.5. The number of hydrogen-bond donors (Lipinski definition) is 2. The Labute approximate surface area is 201 Å². The summed E-state index contributed by atoms with van der Waals surface area (Å²) in [6.07, 6.45) is 1.96. The molecule has 5 rings (SSSR count). The molecular weight excluding hydrogens is 426 g/mol. The zero-order valence-corrected chi connectivity index (χ0v) is 20.8. The van der Waals surface area contributed by atoms with Crippen molar-refractivity contribution in [2.24, 2.45) is 0 Å². The molecule has 172 valence electrons. The molecule has 3 aromatic rings. The Bertz CT molecular complexity index is 1150. The summed E-state index contributed by atoms with van der Waals surface area (Å²) in [7, 11) is 0. The number of carbonyl (C=O) groups excluding carboxylic acids is 1. The highest BCUT2D eigenvalue weighted by molar-refractivity contribution is 7.13. The first-order valence-corrected chi connectivity index (χ1v) is 12.7. The van der Waals surface area contributed by atoms with Gasteiger partial charge in [-0.25, -0.2) is 0 Å². The predicted molar refractivity (Wildman–Crippen MR) is 138 cm³/mol. The molecule has 1 saturated heterocycles. The number of hydrogen-bond acceptors (Lipinski definition) is 4. The fourth-order valence-corrected chi connectivity index (χ4v) is 5.34. The molecule has 33 heavy (non-hydrogen) atoms. The van der Waals surface area contributed by atoms with Crippen LogP contribution in [0.2, 0.25) is 0 Å². The smallest absolute Gasteiger partial charge is 0.252 e. The molecule has 2 N–H and O–H groups in total. The monoisotopic (exact) mass is 459 g/mol. The normalized spacial score (nSPS) is 17.9. The molecule has 1 aliphatic heterocycles. The lowest BCUT2D eigenvalue weighted by Crippen LogP contribution is -2.61. The molecular formula is C28H33N3OS. The topological polar surface area (TPSA) is 44.4 Å². The maximum absolute atomic E-state index is 13.4. The van der Waals surface area contributed by atoms with Gasteiger partial charge < -0.3 is 10.6 Å². The minimum Gasteiger partial charge on any atom is -0.380 e. The van der Waals surface area contributed by atoms with Crippen LogP contribution in [0.3, 0.4) is 0 Å². The van der Waals surface area contributed by atoms with E-state index in [1.54, 1.807) is 11.3 Å². The molecule has 1 aromatic heterocycles. The van der Waals surface area contributed by atoms with Crippen molar-refractivity contribution < 1.29 is 4.79 Å². The van der Waals surface area contributed by atoms with Crippen LogP contribution in [0, 0.1) is 6.92 Å². The first-order valence-electron chi connectivity index (χ1n) is 11.8. The molecule has 1 aliphatic carbocycles. The van der Waals surface area contributed by atoms with Gasteiger partial charge in [0, 0.05) is 34.8 Å². The number of aryl methyl sites for hydroxylation is 1. The Balaban J connectivity index is 1.29. The van der Waals surface area contributed by atoms with Crippen molar-refractivity contribution in [3.05, 3.63) is 76.7 Å². The van der Waals surface area contributed by atoms with Crippen molar-refractivity contribution in [1.29, 1.82) is 0 Å². The van der Waals surface area contributed by atoms with Crippen LogP contribution >= 0.6 is 11.3 Å². The lowest BCUT2D eigenvalue weighted by atomic mass is 9.97. The summed E-state index contributed by atoms with van der Waals surface area (Å²) < 4.78 is 0. The van der Waals surface area contributed by atoms with E-state index in [-0.39, 0.29) is 17.0 Å². The lowest BCUT2D eigenvalue weighted by molar-refractivity contribution is 0.0567. The summed E-state index contributed by atoms with van der Waals surface area (Å²) in [6.45, 7) is 10.8. The quantitative estimate of drug-likeness (QED) is 0.472. The lowest BCUT2D eigenvalue weighted by Gasteiger charge is -2.48. The Hall–Kier alpha value is -2.63. The molecule has 0 spiro atoms. The highest BCUT2D eigenvalue weighted by Gasteiger charge is 2.46. The van der Waals surface area contributed by atoms with Gasteiger partial charge in [0.25, 0.3) is 5.91 Å². The zero-order valence-electron chi connectivity index (χ0n) is 19.9. The van der Waals surface area contributed by atoms with Gasteiger partial charge in [-0.1, -0.05) is 30.3 Å². The first kappa shape index (κ1) is 22.2. The summed E-state index contributed by atoms with van der Waals surface area (Å²) in [4.78, 5) is 17.1. The van der Waals surface area contributed by atoms with Gasteiger partial charge in [-0.2, -0.15) is 0 Å². The van der Waals surface area contributed by atoms with Crippen LogP contribution in [-0.4, -0.2) is 35.5 Å². The molecule has 1 saturated carbocycles. The summed E-state index contributed by atoms with van der Waals surface area (Å²) in [6, 6.07) is 19.4. The Kier molecular flexibility index (Phi) is 5.58. The summed E-state index contributed by atoms with van der Waals surface area (Å²) >= 11 is 1.75. The average molecular weight is 460 g/mol. The predicted octanol–water partition coefficient (Wildman–Crippen LogP) is 6.04. The van der Waals surface area contributed by atoms with E-state index in [1.807, 2.05) is 13.0 Å². The molecule has 4 nitrogen and oxygen atoms in total. The number of carbonyl (C=O) groups is 1. The van der Waals surface area contributed by atoms with Gasteiger partial charge in [-0.3, -0.25) is 9.69 Å². The Morgan fingerprint density at radius 2 is 1.85 bits per heavy atom. The number of thiophene rings is 1. The maximum Gasteiger partial charge on any atom is 0.252 e. The van der Waals surface area contributed by atoms with Crippen LogP contribution in [0.15, 0.2) is 60.0 Å². The fraction of sp³-hybridized carbons (Fsp3) is 0.393. The number of anilines is 1. The van der Waals surface area contributed by atoms with Crippen LogP contribution in [0.4, 0.5) is 5.69 Å². The molecule has 0 bridgehead atoms. The molecule has 2 heterocycles. The van der Waals surface area contributed by atoms with Crippen molar-refractivity contribution in [1.82, 2.24) is 10.2 Å². The van der Waals surface area contributed by atoms with Crippen LogP contribution < -0.4 is 10.6 Å². The number of nitrogens with one attached hydrogen (secondary N) is 2. The number of likely N-dealkylation sites (tertiary alicyclic amines) is 1. The van der Waals surface area contributed by atoms with E-state index < -0.39 is 0 Å². The summed E-state index contributed by atoms with van der Waals surface area (Å²) in [5.74, 6) is 0.0140. The SMILES string of the molecule is Cc1ccc(NC2CN(C(C)(C)C)C2)cc1C(=O)NC1(c2cccc(-c3cccs3)c2)CC1. The van der Waals surface area contributed by atoms with Crippen LogP contribution in [0.1, 0.15) is 55.1 Å². The van der Waals surface area contributed by atoms with Gasteiger partial charge in [0.15, 0.2) is 0 Å². The van der Waals surface area contributed by atoms with Gasteiger partial charge in [-0.05, 0) is 86.9 Å². The van der Waals surface area contributed by atoms with E-state index in [2.05, 4.69) is 90.2 Å². The molecule has 0 radical (unpaired) electrons. The van der Waals surface area contributed by atoms with Crippen molar-refractivity contribution in [2.45, 2.75) is 57.7 Å². The van der Waals surface area contributed by atoms with Crippen LogP contribution in [0.25, 0.3) is 10.4 Å². The zero-order chi connectivity index (χ0) is 23.2. The molecule has 2 aliphatic rings. The van der Waals surface area contributed by atoms with Crippen molar-refractivity contribution in [2.75, 3.05) is 18.4 Å². The highest BCUT2D eigenvalue weighted by atomic mass is 32.1. The summed E-state index contributed by atoms with van der Waals surface area (Å²) in [5, 5.41) is 9.09. The van der Waals surface area contributed by atoms with Crippen LogP contribution in [0.5, 0.6) is 0 Å². The Morgan fingerprint density at radius 1 is 1.06 bits per heavy atom. The minimum absolute atomic E-state index is 0.0140. The molecule has 0 atom stereocenters. The number of rotatable bonds is 6. The van der Waals surface area contributed by atoms with Gasteiger partial charge in [-0.15, -0.1) is 11.3 Å². The summed E-state index contributed by atoms with van der Waals surface area (Å²) in [5.41, 5.74) is 5.16. The third-order valence-corrected chi connectivity index (χ3v) is 7.93. The van der Waals surface area contributed by atoms with E-state index >= 15 is 0 Å². The van der Waals surface area contributed by atoms with Crippen molar-refractivity contribution in [3.8, 4) is 10.4 Å². The first-order chi connectivity index (χ1) is 15.7. The largest absolute Gasteiger partial charge is 0.380 e. The van der Waals surface area contributed by atoms with E-state index in [4.69, 9.17) is 0 Å². The third kappa shape index (κ3) is 4.57. The second kappa shape index (κ2) is 8.30. The second-order valence-corrected chi connectivity index (χ2v) is 11.5. The number of nitrogens with zero attached hydrogens (tertiary/aromatic N) is 1. The Morgan fingerprint density at radius 3 is 2.52 bits per heavy atom. The van der Waals surface area contributed by atoms with Gasteiger partial charge in [0.2, 0.25) is 0 Å². The van der Waals surface area contributed by atoms with Gasteiger partial charge >= 0.3 is 0 Å². The fourth-order valence-electron chi connectivity index (χ4n) is 4.62. The molecule has 2 fully saturated rings. The minimum atomic E-state index is -0.249.